The summed E-state index contributed by atoms with van der Waals surface area (Å²) in [6.07, 6.45) is 0. The Morgan fingerprint density at radius 2 is 1.79 bits per heavy atom. The van der Waals surface area contributed by atoms with Crippen molar-refractivity contribution in [3.8, 4) is 5.75 Å². The van der Waals surface area contributed by atoms with Crippen LogP contribution < -0.4 is 10.6 Å². The van der Waals surface area contributed by atoms with Crippen LogP contribution in [0, 0.1) is 5.82 Å². The highest BCUT2D eigenvalue weighted by molar-refractivity contribution is 9.10. The minimum absolute atomic E-state index is 0.0144. The lowest BCUT2D eigenvalue weighted by Gasteiger charge is -2.22. The Hall–Kier alpha value is -2.08. The van der Waals surface area contributed by atoms with E-state index in [2.05, 4.69) is 15.9 Å². The third-order valence-electron chi connectivity index (χ3n) is 2.52. The third-order valence-corrected chi connectivity index (χ3v) is 3.19. The molecule has 0 aliphatic heterocycles. The van der Waals surface area contributed by atoms with Crippen molar-refractivity contribution < 1.29 is 14.3 Å². The van der Waals surface area contributed by atoms with Crippen molar-refractivity contribution in [2.24, 2.45) is 5.73 Å². The molecule has 4 nitrogen and oxygen atoms in total. The first-order valence-electron chi connectivity index (χ1n) is 5.34. The molecular formula is C13H10BrFN2O2. The number of carbonyl (C=O) groups excluding carboxylic acids is 1. The number of benzene rings is 2. The predicted octanol–water partition coefficient (Wildman–Crippen LogP) is 3.51. The van der Waals surface area contributed by atoms with Gasteiger partial charge in [0.2, 0.25) is 0 Å². The van der Waals surface area contributed by atoms with Crippen molar-refractivity contribution in [2.75, 3.05) is 4.90 Å². The molecule has 0 spiro atoms. The largest absolute Gasteiger partial charge is 0.503 e. The van der Waals surface area contributed by atoms with Crippen LogP contribution in [0.1, 0.15) is 0 Å². The highest BCUT2D eigenvalue weighted by Crippen LogP contribution is 2.37. The average Bonchev–Trinajstić information content (AvgIpc) is 2.37. The first-order chi connectivity index (χ1) is 9.02. The van der Waals surface area contributed by atoms with Gasteiger partial charge in [-0.2, -0.15) is 0 Å². The lowest BCUT2D eigenvalue weighted by Crippen LogP contribution is -2.31. The zero-order valence-corrected chi connectivity index (χ0v) is 11.3. The summed E-state index contributed by atoms with van der Waals surface area (Å²) in [7, 11) is 0. The molecule has 2 rings (SSSR count). The van der Waals surface area contributed by atoms with Gasteiger partial charge in [-0.1, -0.05) is 18.2 Å². The van der Waals surface area contributed by atoms with Crippen molar-refractivity contribution in [1.29, 1.82) is 0 Å². The first kappa shape index (κ1) is 13.4. The average molecular weight is 325 g/mol. The summed E-state index contributed by atoms with van der Waals surface area (Å²) in [5.41, 5.74) is 5.72. The number of rotatable bonds is 2. The molecule has 98 valence electrons. The van der Waals surface area contributed by atoms with E-state index in [-0.39, 0.29) is 5.69 Å². The molecule has 0 heterocycles. The molecule has 0 unspecified atom stereocenters. The monoisotopic (exact) mass is 324 g/mol. The maximum Gasteiger partial charge on any atom is 0.324 e. The number of para-hydroxylation sites is 2. The Kier molecular flexibility index (Phi) is 3.71. The number of halogens is 2. The molecule has 0 aromatic heterocycles. The van der Waals surface area contributed by atoms with Crippen LogP contribution in [0.2, 0.25) is 0 Å². The number of nitrogens with zero attached hydrogens (tertiary/aromatic N) is 1. The van der Waals surface area contributed by atoms with Gasteiger partial charge in [-0.05, 0) is 40.2 Å². The second-order valence-electron chi connectivity index (χ2n) is 3.73. The van der Waals surface area contributed by atoms with E-state index >= 15 is 0 Å². The summed E-state index contributed by atoms with van der Waals surface area (Å²) < 4.78 is 14.0. The molecule has 0 atom stereocenters. The number of urea groups is 1. The summed E-state index contributed by atoms with van der Waals surface area (Å²) in [6.45, 7) is 0. The van der Waals surface area contributed by atoms with E-state index in [9.17, 15) is 14.3 Å². The number of carbonyl (C=O) groups is 1. The minimum Gasteiger partial charge on any atom is -0.503 e. The molecule has 0 bridgehead atoms. The molecule has 2 aromatic rings. The Labute approximate surface area is 117 Å². The van der Waals surface area contributed by atoms with E-state index in [0.29, 0.717) is 10.2 Å². The number of phenolic OH excluding ortho intramolecular Hbond substituents is 1. The van der Waals surface area contributed by atoms with Crippen molar-refractivity contribution >= 4 is 33.3 Å². The quantitative estimate of drug-likeness (QED) is 0.887. The molecule has 0 radical (unpaired) electrons. The first-order valence-corrected chi connectivity index (χ1v) is 6.13. The summed E-state index contributed by atoms with van der Waals surface area (Å²) in [4.78, 5) is 12.6. The number of phenols is 1. The van der Waals surface area contributed by atoms with Crippen LogP contribution in [0.15, 0.2) is 46.9 Å². The van der Waals surface area contributed by atoms with E-state index < -0.39 is 17.6 Å². The molecule has 0 fully saturated rings. The normalized spacial score (nSPS) is 10.2. The van der Waals surface area contributed by atoms with Gasteiger partial charge in [-0.15, -0.1) is 0 Å². The van der Waals surface area contributed by atoms with Gasteiger partial charge in [0.25, 0.3) is 0 Å². The van der Waals surface area contributed by atoms with Crippen molar-refractivity contribution in [2.45, 2.75) is 0 Å². The number of aromatic hydroxyl groups is 1. The van der Waals surface area contributed by atoms with Gasteiger partial charge >= 0.3 is 6.03 Å². The van der Waals surface area contributed by atoms with E-state index in [1.165, 1.54) is 12.1 Å². The minimum atomic E-state index is -0.826. The van der Waals surface area contributed by atoms with Crippen LogP contribution >= 0.6 is 15.9 Å². The van der Waals surface area contributed by atoms with Crippen LogP contribution in [0.25, 0.3) is 0 Å². The summed E-state index contributed by atoms with van der Waals surface area (Å²) >= 11 is 3.28. The van der Waals surface area contributed by atoms with Crippen molar-refractivity contribution in [1.82, 2.24) is 0 Å². The fourth-order valence-electron chi connectivity index (χ4n) is 1.68. The van der Waals surface area contributed by atoms with Crippen LogP contribution in [0.4, 0.5) is 20.6 Å². The number of anilines is 2. The fourth-order valence-corrected chi connectivity index (χ4v) is 2.15. The van der Waals surface area contributed by atoms with Gasteiger partial charge in [0, 0.05) is 4.47 Å². The predicted molar refractivity (Wildman–Crippen MR) is 73.9 cm³/mol. The van der Waals surface area contributed by atoms with E-state index in [1.807, 2.05) is 0 Å². The number of nitrogens with two attached hydrogens (primary N) is 1. The SMILES string of the molecule is NC(=O)N(c1ccccc1Br)c1cccc(F)c1O. The molecule has 19 heavy (non-hydrogen) atoms. The summed E-state index contributed by atoms with van der Waals surface area (Å²) in [5, 5.41) is 9.73. The number of amides is 2. The maximum absolute atomic E-state index is 13.4. The van der Waals surface area contributed by atoms with Gasteiger partial charge in [-0.25, -0.2) is 9.18 Å². The number of hydrogen-bond donors (Lipinski definition) is 2. The Morgan fingerprint density at radius 3 is 2.42 bits per heavy atom. The van der Waals surface area contributed by atoms with E-state index in [4.69, 9.17) is 5.73 Å². The zero-order valence-electron chi connectivity index (χ0n) is 9.68. The highest BCUT2D eigenvalue weighted by Gasteiger charge is 2.21. The standard InChI is InChI=1S/C13H10BrFN2O2/c14-8-4-1-2-6-10(8)17(13(16)19)11-7-3-5-9(15)12(11)18/h1-7,18H,(H2,16,19). The molecule has 0 aliphatic rings. The Morgan fingerprint density at radius 1 is 1.16 bits per heavy atom. The third kappa shape index (κ3) is 2.53. The van der Waals surface area contributed by atoms with Gasteiger partial charge in [0.1, 0.15) is 0 Å². The van der Waals surface area contributed by atoms with Crippen LogP contribution in [0.3, 0.4) is 0 Å². The second kappa shape index (κ2) is 5.27. The smallest absolute Gasteiger partial charge is 0.324 e. The van der Waals surface area contributed by atoms with Crippen molar-refractivity contribution in [3.63, 3.8) is 0 Å². The van der Waals surface area contributed by atoms with Crippen LogP contribution in [0.5, 0.6) is 5.75 Å². The molecule has 0 saturated heterocycles. The molecule has 0 aliphatic carbocycles. The Bertz CT molecular complexity index is 634. The van der Waals surface area contributed by atoms with Gasteiger partial charge in [-0.3, -0.25) is 4.90 Å². The lowest BCUT2D eigenvalue weighted by atomic mass is 10.2. The molecule has 2 amide bonds. The molecule has 2 aromatic carbocycles. The van der Waals surface area contributed by atoms with Gasteiger partial charge < -0.3 is 10.8 Å². The van der Waals surface area contributed by atoms with Gasteiger partial charge in [0.15, 0.2) is 11.6 Å². The van der Waals surface area contributed by atoms with E-state index in [0.717, 1.165) is 11.0 Å². The highest BCUT2D eigenvalue weighted by atomic mass is 79.9. The fraction of sp³-hybridized carbons (Fsp3) is 0. The van der Waals surface area contributed by atoms with Crippen molar-refractivity contribution in [3.05, 3.63) is 52.8 Å². The molecule has 6 heteroatoms. The number of primary amides is 1. The van der Waals surface area contributed by atoms with Gasteiger partial charge in [0.05, 0.1) is 11.4 Å². The second-order valence-corrected chi connectivity index (χ2v) is 4.59. The van der Waals surface area contributed by atoms with E-state index in [1.54, 1.807) is 24.3 Å². The summed E-state index contributed by atoms with van der Waals surface area (Å²) in [5.74, 6) is -1.45. The zero-order chi connectivity index (χ0) is 14.0. The molecular weight excluding hydrogens is 315 g/mol. The molecule has 3 N–H and O–H groups in total. The topological polar surface area (TPSA) is 66.6 Å². The Balaban J connectivity index is 2.62. The maximum atomic E-state index is 13.4. The molecule has 0 saturated carbocycles. The number of hydrogen-bond acceptors (Lipinski definition) is 2. The van der Waals surface area contributed by atoms with Crippen LogP contribution in [-0.4, -0.2) is 11.1 Å². The van der Waals surface area contributed by atoms with Crippen LogP contribution in [-0.2, 0) is 0 Å². The lowest BCUT2D eigenvalue weighted by molar-refractivity contribution is 0.256. The summed E-state index contributed by atoms with van der Waals surface area (Å²) in [6, 6.07) is 9.86.